The summed E-state index contributed by atoms with van der Waals surface area (Å²) in [6.45, 7) is 0.714. The minimum atomic E-state index is -0.544. The van der Waals surface area contributed by atoms with Crippen molar-refractivity contribution in [3.05, 3.63) is 136 Å². The Bertz CT molecular complexity index is 1280. The lowest BCUT2D eigenvalue weighted by molar-refractivity contribution is -0.0950. The lowest BCUT2D eigenvalue weighted by Gasteiger charge is -2.37. The highest BCUT2D eigenvalue weighted by Crippen LogP contribution is 2.48. The molecule has 0 radical (unpaired) electrons. The summed E-state index contributed by atoms with van der Waals surface area (Å²) >= 11 is 7.85. The quantitative estimate of drug-likeness (QED) is 0.0403. The second-order valence-electron chi connectivity index (χ2n) is 8.94. The first-order valence-electron chi connectivity index (χ1n) is 12.7. The first kappa shape index (κ1) is 29.4. The van der Waals surface area contributed by atoms with Crippen molar-refractivity contribution < 1.29 is 9.47 Å². The number of ether oxygens (including phenoxy) is 2. The SMILES string of the molecule is COC(CN(CC(CSC(c1ccccc1)(c1ccccc1)c1ccccc1)N=[N+]=[N-])c1ccnc(Cl)n1)OC. The highest BCUT2D eigenvalue weighted by atomic mass is 35.5. The number of rotatable bonds is 14. The van der Waals surface area contributed by atoms with Gasteiger partial charge in [-0.3, -0.25) is 0 Å². The summed E-state index contributed by atoms with van der Waals surface area (Å²) in [5.74, 6) is 1.10. The maximum Gasteiger partial charge on any atom is 0.224 e. The van der Waals surface area contributed by atoms with Gasteiger partial charge in [-0.2, -0.15) is 0 Å². The molecule has 40 heavy (non-hydrogen) atoms. The van der Waals surface area contributed by atoms with Crippen LogP contribution in [0.15, 0.2) is 108 Å². The van der Waals surface area contributed by atoms with Crippen molar-refractivity contribution in [2.24, 2.45) is 5.11 Å². The zero-order valence-corrected chi connectivity index (χ0v) is 23.9. The fraction of sp³-hybridized carbons (Fsp3) is 0.267. The lowest BCUT2D eigenvalue weighted by Crippen LogP contribution is -2.40. The van der Waals surface area contributed by atoms with E-state index in [0.717, 1.165) is 16.7 Å². The van der Waals surface area contributed by atoms with Crippen LogP contribution in [0.3, 0.4) is 0 Å². The summed E-state index contributed by atoms with van der Waals surface area (Å²) in [6, 6.07) is 32.6. The highest BCUT2D eigenvalue weighted by Gasteiger charge is 2.37. The largest absolute Gasteiger partial charge is 0.354 e. The molecule has 1 atom stereocenters. The molecule has 3 aromatic carbocycles. The monoisotopic (exact) mass is 574 g/mol. The summed E-state index contributed by atoms with van der Waals surface area (Å²) in [5, 5.41) is 4.34. The Balaban J connectivity index is 1.73. The van der Waals surface area contributed by atoms with E-state index >= 15 is 0 Å². The van der Waals surface area contributed by atoms with E-state index in [1.54, 1.807) is 38.2 Å². The predicted molar refractivity (Wildman–Crippen MR) is 162 cm³/mol. The molecule has 0 bridgehead atoms. The molecule has 0 amide bonds. The van der Waals surface area contributed by atoms with Crippen LogP contribution in [0.2, 0.25) is 5.28 Å². The molecule has 0 aliphatic heterocycles. The Labute approximate surface area is 244 Å². The lowest BCUT2D eigenvalue weighted by atomic mass is 9.84. The van der Waals surface area contributed by atoms with E-state index in [2.05, 4.69) is 92.8 Å². The molecular formula is C30H31ClN6O2S. The van der Waals surface area contributed by atoms with E-state index in [4.69, 9.17) is 21.1 Å². The third-order valence-electron chi connectivity index (χ3n) is 6.51. The van der Waals surface area contributed by atoms with Gasteiger partial charge in [-0.1, -0.05) is 96.1 Å². The van der Waals surface area contributed by atoms with Crippen molar-refractivity contribution in [2.45, 2.75) is 17.1 Å². The molecule has 1 aromatic heterocycles. The van der Waals surface area contributed by atoms with Crippen LogP contribution < -0.4 is 4.90 Å². The molecule has 206 valence electrons. The number of nitrogens with zero attached hydrogens (tertiary/aromatic N) is 6. The number of halogens is 1. The van der Waals surface area contributed by atoms with E-state index in [1.165, 1.54) is 0 Å². The van der Waals surface area contributed by atoms with Gasteiger partial charge in [0, 0.05) is 37.6 Å². The number of methoxy groups -OCH3 is 2. The van der Waals surface area contributed by atoms with E-state index in [9.17, 15) is 5.53 Å². The van der Waals surface area contributed by atoms with E-state index in [1.807, 2.05) is 23.1 Å². The van der Waals surface area contributed by atoms with Gasteiger partial charge in [0.15, 0.2) is 6.29 Å². The Morgan fingerprint density at radius 2 is 1.40 bits per heavy atom. The summed E-state index contributed by atoms with van der Waals surface area (Å²) in [7, 11) is 3.15. The van der Waals surface area contributed by atoms with Crippen molar-refractivity contribution in [3.8, 4) is 0 Å². The van der Waals surface area contributed by atoms with Crippen LogP contribution in [0.25, 0.3) is 10.4 Å². The molecule has 0 saturated carbocycles. The van der Waals surface area contributed by atoms with Gasteiger partial charge < -0.3 is 14.4 Å². The Morgan fingerprint density at radius 3 is 1.85 bits per heavy atom. The first-order valence-corrected chi connectivity index (χ1v) is 14.1. The Morgan fingerprint density at radius 1 is 0.875 bits per heavy atom. The van der Waals surface area contributed by atoms with Crippen LogP contribution in [0.4, 0.5) is 5.82 Å². The molecule has 10 heteroatoms. The average molecular weight is 575 g/mol. The zero-order chi connectivity index (χ0) is 28.2. The molecule has 0 aliphatic rings. The topological polar surface area (TPSA) is 96.2 Å². The number of benzene rings is 3. The second-order valence-corrected chi connectivity index (χ2v) is 10.5. The van der Waals surface area contributed by atoms with Crippen LogP contribution in [0.5, 0.6) is 0 Å². The maximum absolute atomic E-state index is 9.55. The normalized spacial score (nSPS) is 12.1. The third kappa shape index (κ3) is 7.13. The fourth-order valence-electron chi connectivity index (χ4n) is 4.63. The average Bonchev–Trinajstić information content (AvgIpc) is 3.01. The van der Waals surface area contributed by atoms with Gasteiger partial charge in [-0.15, -0.1) is 11.8 Å². The molecule has 1 unspecified atom stereocenters. The smallest absolute Gasteiger partial charge is 0.224 e. The van der Waals surface area contributed by atoms with Crippen LogP contribution in [-0.2, 0) is 14.2 Å². The van der Waals surface area contributed by atoms with Crippen LogP contribution in [0, 0.1) is 0 Å². The van der Waals surface area contributed by atoms with E-state index in [0.29, 0.717) is 24.7 Å². The van der Waals surface area contributed by atoms with Gasteiger partial charge in [0.1, 0.15) is 5.82 Å². The summed E-state index contributed by atoms with van der Waals surface area (Å²) in [6.07, 6.45) is 1.07. The number of aromatic nitrogens is 2. The Hall–Kier alpha value is -3.59. The number of azide groups is 1. The van der Waals surface area contributed by atoms with Crippen molar-refractivity contribution in [1.82, 2.24) is 9.97 Å². The molecule has 0 aliphatic carbocycles. The summed E-state index contributed by atoms with van der Waals surface area (Å²) in [4.78, 5) is 13.5. The Kier molecular flexibility index (Phi) is 10.8. The minimum absolute atomic E-state index is 0.125. The maximum atomic E-state index is 9.55. The number of hydrogen-bond acceptors (Lipinski definition) is 7. The molecule has 0 fully saturated rings. The molecule has 0 spiro atoms. The van der Waals surface area contributed by atoms with Crippen LogP contribution >= 0.6 is 23.4 Å². The van der Waals surface area contributed by atoms with Crippen molar-refractivity contribution in [3.63, 3.8) is 0 Å². The van der Waals surface area contributed by atoms with Gasteiger partial charge in [0.25, 0.3) is 0 Å². The molecule has 4 aromatic rings. The predicted octanol–water partition coefficient (Wildman–Crippen LogP) is 6.96. The zero-order valence-electron chi connectivity index (χ0n) is 22.4. The number of thioether (sulfide) groups is 1. The molecular weight excluding hydrogens is 544 g/mol. The van der Waals surface area contributed by atoms with Crippen LogP contribution in [-0.4, -0.2) is 55.4 Å². The summed E-state index contributed by atoms with van der Waals surface area (Å²) in [5.41, 5.74) is 13.0. The third-order valence-corrected chi connectivity index (χ3v) is 8.38. The highest BCUT2D eigenvalue weighted by molar-refractivity contribution is 8.00. The van der Waals surface area contributed by atoms with Crippen molar-refractivity contribution in [2.75, 3.05) is 38.0 Å². The number of anilines is 1. The minimum Gasteiger partial charge on any atom is -0.354 e. The number of hydrogen-bond donors (Lipinski definition) is 0. The van der Waals surface area contributed by atoms with Crippen molar-refractivity contribution >= 4 is 29.2 Å². The van der Waals surface area contributed by atoms with E-state index < -0.39 is 17.1 Å². The van der Waals surface area contributed by atoms with Gasteiger partial charge in [0.05, 0.1) is 17.3 Å². The molecule has 8 nitrogen and oxygen atoms in total. The molecule has 0 saturated heterocycles. The van der Waals surface area contributed by atoms with Gasteiger partial charge in [-0.25, -0.2) is 9.97 Å². The standard InChI is InChI=1S/C30H31ClN6O2S/c1-38-28(39-2)21-37(27-18-19-33-29(31)34-27)20-26(35-36-32)22-40-30(23-12-6-3-7-13-23,24-14-8-4-9-15-24)25-16-10-5-11-17-25/h3-19,26,28H,20-22H2,1-2H3. The molecule has 1 heterocycles. The first-order chi connectivity index (χ1) is 19.6. The van der Waals surface area contributed by atoms with Gasteiger partial charge in [-0.05, 0) is 39.9 Å². The van der Waals surface area contributed by atoms with Crippen LogP contribution in [0.1, 0.15) is 16.7 Å². The van der Waals surface area contributed by atoms with E-state index in [-0.39, 0.29) is 5.28 Å². The molecule has 4 rings (SSSR count). The van der Waals surface area contributed by atoms with Crippen molar-refractivity contribution in [1.29, 1.82) is 0 Å². The van der Waals surface area contributed by atoms with Gasteiger partial charge >= 0.3 is 0 Å². The fourth-order valence-corrected chi connectivity index (χ4v) is 6.29. The van der Waals surface area contributed by atoms with Gasteiger partial charge in [0.2, 0.25) is 5.28 Å². The summed E-state index contributed by atoms with van der Waals surface area (Å²) < 4.78 is 10.4. The second kappa shape index (κ2) is 14.7. The molecule has 0 N–H and O–H groups in total.